The van der Waals surface area contributed by atoms with Crippen molar-refractivity contribution in [2.75, 3.05) is 13.2 Å². The maximum Gasteiger partial charge on any atom is 0.308 e. The van der Waals surface area contributed by atoms with Gasteiger partial charge in [0, 0.05) is 13.0 Å². The standard InChI is InChI=1S/C26H35N3O3/c1-4-32-26(31)22-11-9-20(10-12-22)15-25(30)28-14-13-23-19(3)27-29(24(23)17-28)16-21-7-5-18(2)6-8-21/h5-8,20,22H,4,9-17H2,1-3H3/t20-,22-. The molecule has 1 aromatic carbocycles. The maximum atomic E-state index is 13.1. The molecule has 2 aromatic rings. The Morgan fingerprint density at radius 2 is 1.81 bits per heavy atom. The van der Waals surface area contributed by atoms with Crippen LogP contribution in [0.5, 0.6) is 0 Å². The average molecular weight is 438 g/mol. The van der Waals surface area contributed by atoms with E-state index >= 15 is 0 Å². The topological polar surface area (TPSA) is 64.4 Å². The van der Waals surface area contributed by atoms with E-state index in [9.17, 15) is 9.59 Å². The highest BCUT2D eigenvalue weighted by molar-refractivity contribution is 5.77. The van der Waals surface area contributed by atoms with E-state index in [0.717, 1.165) is 50.9 Å². The van der Waals surface area contributed by atoms with E-state index in [4.69, 9.17) is 9.84 Å². The number of benzene rings is 1. The van der Waals surface area contributed by atoms with Crippen LogP contribution in [-0.2, 0) is 33.8 Å². The fourth-order valence-corrected chi connectivity index (χ4v) is 5.12. The highest BCUT2D eigenvalue weighted by Gasteiger charge is 2.31. The van der Waals surface area contributed by atoms with Gasteiger partial charge in [-0.05, 0) is 69.9 Å². The van der Waals surface area contributed by atoms with Crippen molar-refractivity contribution in [2.24, 2.45) is 11.8 Å². The number of hydrogen-bond donors (Lipinski definition) is 0. The molecule has 4 rings (SSSR count). The van der Waals surface area contributed by atoms with Gasteiger partial charge in [-0.15, -0.1) is 0 Å². The molecule has 32 heavy (non-hydrogen) atoms. The fourth-order valence-electron chi connectivity index (χ4n) is 5.12. The zero-order chi connectivity index (χ0) is 22.7. The molecule has 1 amide bonds. The van der Waals surface area contributed by atoms with Crippen LogP contribution in [0.1, 0.15) is 67.1 Å². The molecule has 6 nitrogen and oxygen atoms in total. The van der Waals surface area contributed by atoms with Gasteiger partial charge in [-0.3, -0.25) is 14.3 Å². The minimum absolute atomic E-state index is 0.0120. The molecule has 1 aromatic heterocycles. The predicted molar refractivity (Wildman–Crippen MR) is 123 cm³/mol. The summed E-state index contributed by atoms with van der Waals surface area (Å²) >= 11 is 0. The largest absolute Gasteiger partial charge is 0.466 e. The number of nitrogens with zero attached hydrogens (tertiary/aromatic N) is 3. The van der Waals surface area contributed by atoms with Gasteiger partial charge in [-0.25, -0.2) is 0 Å². The lowest BCUT2D eigenvalue weighted by molar-refractivity contribution is -0.149. The zero-order valence-electron chi connectivity index (χ0n) is 19.6. The molecule has 2 aliphatic rings. The summed E-state index contributed by atoms with van der Waals surface area (Å²) in [6.07, 6.45) is 4.98. The van der Waals surface area contributed by atoms with Crippen molar-refractivity contribution in [3.8, 4) is 0 Å². The molecule has 6 heteroatoms. The molecular weight excluding hydrogens is 402 g/mol. The molecule has 1 fully saturated rings. The molecule has 0 bridgehead atoms. The third kappa shape index (κ3) is 5.05. The molecule has 0 spiro atoms. The number of carbonyl (C=O) groups is 2. The SMILES string of the molecule is CCOC(=O)[C@H]1CC[C@H](CC(=O)N2CCc3c(C)nn(Cc4ccc(C)cc4)c3C2)CC1. The van der Waals surface area contributed by atoms with E-state index < -0.39 is 0 Å². The first kappa shape index (κ1) is 22.6. The Bertz CT molecular complexity index is 955. The number of aryl methyl sites for hydroxylation is 2. The van der Waals surface area contributed by atoms with Gasteiger partial charge in [0.1, 0.15) is 0 Å². The first-order valence-electron chi connectivity index (χ1n) is 12.0. The number of amides is 1. The fraction of sp³-hybridized carbons (Fsp3) is 0.577. The zero-order valence-corrected chi connectivity index (χ0v) is 19.6. The quantitative estimate of drug-likeness (QED) is 0.636. The van der Waals surface area contributed by atoms with E-state index in [1.54, 1.807) is 0 Å². The number of aromatic nitrogens is 2. The van der Waals surface area contributed by atoms with Gasteiger partial charge >= 0.3 is 5.97 Å². The van der Waals surface area contributed by atoms with Gasteiger partial charge in [-0.1, -0.05) is 29.8 Å². The van der Waals surface area contributed by atoms with Crippen molar-refractivity contribution < 1.29 is 14.3 Å². The first-order chi connectivity index (χ1) is 15.4. The second kappa shape index (κ2) is 9.88. The van der Waals surface area contributed by atoms with Crippen molar-refractivity contribution in [3.05, 3.63) is 52.3 Å². The summed E-state index contributed by atoms with van der Waals surface area (Å²) in [6.45, 7) is 8.59. The molecule has 0 unspecified atom stereocenters. The molecule has 2 heterocycles. The van der Waals surface area contributed by atoms with Crippen LogP contribution in [0.4, 0.5) is 0 Å². The third-order valence-electron chi connectivity index (χ3n) is 7.08. The molecule has 0 N–H and O–H groups in total. The summed E-state index contributed by atoms with van der Waals surface area (Å²) in [5, 5.41) is 4.79. The Labute approximate surface area is 190 Å². The predicted octanol–water partition coefficient (Wildman–Crippen LogP) is 4.19. The highest BCUT2D eigenvalue weighted by Crippen LogP contribution is 2.33. The van der Waals surface area contributed by atoms with Gasteiger partial charge in [-0.2, -0.15) is 5.10 Å². The van der Waals surface area contributed by atoms with Crippen LogP contribution in [0.25, 0.3) is 0 Å². The van der Waals surface area contributed by atoms with Gasteiger partial charge in [0.05, 0.1) is 37.0 Å². The number of carbonyl (C=O) groups excluding carboxylic acids is 2. The van der Waals surface area contributed by atoms with Gasteiger partial charge in [0.15, 0.2) is 0 Å². The Morgan fingerprint density at radius 1 is 1.09 bits per heavy atom. The first-order valence-corrected chi connectivity index (χ1v) is 12.0. The molecule has 0 radical (unpaired) electrons. The monoisotopic (exact) mass is 437 g/mol. The molecular formula is C26H35N3O3. The maximum absolute atomic E-state index is 13.1. The van der Waals surface area contributed by atoms with Crippen LogP contribution in [-0.4, -0.2) is 39.7 Å². The summed E-state index contributed by atoms with van der Waals surface area (Å²) in [7, 11) is 0. The van der Waals surface area contributed by atoms with Crippen LogP contribution < -0.4 is 0 Å². The van der Waals surface area contributed by atoms with E-state index in [-0.39, 0.29) is 17.8 Å². The van der Waals surface area contributed by atoms with Crippen LogP contribution in [0.2, 0.25) is 0 Å². The molecule has 172 valence electrons. The molecule has 0 atom stereocenters. The van der Waals surface area contributed by atoms with Gasteiger partial charge in [0.2, 0.25) is 5.91 Å². The smallest absolute Gasteiger partial charge is 0.308 e. The lowest BCUT2D eigenvalue weighted by Crippen LogP contribution is -2.38. The van der Waals surface area contributed by atoms with Crippen molar-refractivity contribution in [2.45, 2.75) is 72.4 Å². The Hall–Kier alpha value is -2.63. The molecule has 1 aliphatic carbocycles. The van der Waals surface area contributed by atoms with Crippen LogP contribution >= 0.6 is 0 Å². The number of hydrogen-bond acceptors (Lipinski definition) is 4. The minimum atomic E-state index is -0.0713. The van der Waals surface area contributed by atoms with Crippen LogP contribution in [0.3, 0.4) is 0 Å². The summed E-state index contributed by atoms with van der Waals surface area (Å²) in [5.74, 6) is 0.542. The summed E-state index contributed by atoms with van der Waals surface area (Å²) < 4.78 is 7.25. The Kier molecular flexibility index (Phi) is 6.97. The third-order valence-corrected chi connectivity index (χ3v) is 7.08. The number of esters is 1. The molecule has 1 aliphatic heterocycles. The highest BCUT2D eigenvalue weighted by atomic mass is 16.5. The van der Waals surface area contributed by atoms with E-state index in [1.165, 1.54) is 22.4 Å². The van der Waals surface area contributed by atoms with Crippen molar-refractivity contribution in [1.29, 1.82) is 0 Å². The van der Waals surface area contributed by atoms with Crippen molar-refractivity contribution >= 4 is 11.9 Å². The number of ether oxygens (including phenoxy) is 1. The normalized spacial score (nSPS) is 20.7. The minimum Gasteiger partial charge on any atom is -0.466 e. The lowest BCUT2D eigenvalue weighted by Gasteiger charge is -2.31. The van der Waals surface area contributed by atoms with E-state index in [2.05, 4.69) is 42.8 Å². The Morgan fingerprint density at radius 3 is 2.50 bits per heavy atom. The molecule has 0 saturated heterocycles. The summed E-state index contributed by atoms with van der Waals surface area (Å²) in [5.41, 5.74) is 6.03. The number of rotatable bonds is 6. The Balaban J connectivity index is 1.36. The summed E-state index contributed by atoms with van der Waals surface area (Å²) in [6, 6.07) is 8.56. The van der Waals surface area contributed by atoms with Crippen LogP contribution in [0.15, 0.2) is 24.3 Å². The second-order valence-corrected chi connectivity index (χ2v) is 9.39. The number of fused-ring (bicyclic) bond motifs is 1. The van der Waals surface area contributed by atoms with Crippen molar-refractivity contribution in [1.82, 2.24) is 14.7 Å². The van der Waals surface area contributed by atoms with E-state index in [0.29, 0.717) is 25.5 Å². The lowest BCUT2D eigenvalue weighted by atomic mass is 9.80. The average Bonchev–Trinajstić information content (AvgIpc) is 3.10. The van der Waals surface area contributed by atoms with Crippen LogP contribution in [0, 0.1) is 25.7 Å². The van der Waals surface area contributed by atoms with Crippen molar-refractivity contribution in [3.63, 3.8) is 0 Å². The summed E-state index contributed by atoms with van der Waals surface area (Å²) in [4.78, 5) is 27.1. The van der Waals surface area contributed by atoms with E-state index in [1.807, 2.05) is 11.8 Å². The molecule has 1 saturated carbocycles. The second-order valence-electron chi connectivity index (χ2n) is 9.39. The van der Waals surface area contributed by atoms with Gasteiger partial charge < -0.3 is 9.64 Å². The van der Waals surface area contributed by atoms with Gasteiger partial charge in [0.25, 0.3) is 0 Å².